The van der Waals surface area contributed by atoms with Gasteiger partial charge < -0.3 is 4.52 Å². The summed E-state index contributed by atoms with van der Waals surface area (Å²) in [5, 5.41) is 8.09. The van der Waals surface area contributed by atoms with Gasteiger partial charge in [-0.05, 0) is 38.8 Å². The van der Waals surface area contributed by atoms with Crippen molar-refractivity contribution in [2.45, 2.75) is 44.2 Å². The van der Waals surface area contributed by atoms with Gasteiger partial charge in [0.2, 0.25) is 10.0 Å². The number of aromatic nitrogens is 5. The molecule has 1 N–H and O–H groups in total. The van der Waals surface area contributed by atoms with Gasteiger partial charge in [0.05, 0.1) is 6.54 Å². The Hall–Kier alpha value is -2.79. The quantitative estimate of drug-likeness (QED) is 0.623. The molecule has 3 aromatic rings. The zero-order chi connectivity index (χ0) is 19.9. The lowest BCUT2D eigenvalue weighted by Crippen LogP contribution is -2.32. The highest BCUT2D eigenvalue weighted by Gasteiger charge is 2.30. The van der Waals surface area contributed by atoms with Crippen LogP contribution in [-0.4, -0.2) is 39.5 Å². The van der Waals surface area contributed by atoms with Gasteiger partial charge in [-0.1, -0.05) is 5.16 Å². The summed E-state index contributed by atoms with van der Waals surface area (Å²) >= 11 is 0. The second kappa shape index (κ2) is 6.99. The van der Waals surface area contributed by atoms with E-state index in [2.05, 4.69) is 20.0 Å². The predicted octanol–water partition coefficient (Wildman–Crippen LogP) is 1.03. The first-order valence-corrected chi connectivity index (χ1v) is 10.4. The smallest absolute Gasteiger partial charge is 0.346 e. The van der Waals surface area contributed by atoms with Crippen LogP contribution in [0.5, 0.6) is 0 Å². The molecule has 1 saturated carbocycles. The number of sulfonamides is 1. The fourth-order valence-corrected chi connectivity index (χ4v) is 4.48. The van der Waals surface area contributed by atoms with E-state index in [0.29, 0.717) is 11.5 Å². The van der Waals surface area contributed by atoms with Gasteiger partial charge in [0, 0.05) is 30.5 Å². The Bertz CT molecular complexity index is 1140. The first-order valence-electron chi connectivity index (χ1n) is 8.91. The van der Waals surface area contributed by atoms with E-state index >= 15 is 0 Å². The SMILES string of the molecule is Cc1noc(C)c1S(=O)(=O)NCCn1nc(-c2cccnc2)n(C2CC2)c1=O. The molecule has 0 unspecified atom stereocenters. The highest BCUT2D eigenvalue weighted by atomic mass is 32.2. The largest absolute Gasteiger partial charge is 0.360 e. The summed E-state index contributed by atoms with van der Waals surface area (Å²) < 4.78 is 35.3. The number of rotatable bonds is 7. The molecule has 4 rings (SSSR count). The highest BCUT2D eigenvalue weighted by molar-refractivity contribution is 7.89. The summed E-state index contributed by atoms with van der Waals surface area (Å²) in [6, 6.07) is 3.77. The Morgan fingerprint density at radius 2 is 2.11 bits per heavy atom. The van der Waals surface area contributed by atoms with E-state index in [4.69, 9.17) is 4.52 Å². The van der Waals surface area contributed by atoms with Crippen molar-refractivity contribution in [1.29, 1.82) is 0 Å². The third kappa shape index (κ3) is 3.38. The molecule has 3 heterocycles. The standard InChI is InChI=1S/C17H20N6O4S/c1-11-15(12(2)27-21-11)28(25,26)19-8-9-22-17(24)23(14-5-6-14)16(20-22)13-4-3-7-18-10-13/h3-4,7,10,14,19H,5-6,8-9H2,1-2H3. The minimum Gasteiger partial charge on any atom is -0.360 e. The second-order valence-corrected chi connectivity index (χ2v) is 8.43. The van der Waals surface area contributed by atoms with Gasteiger partial charge in [0.25, 0.3) is 0 Å². The lowest BCUT2D eigenvalue weighted by molar-refractivity contribution is 0.390. The summed E-state index contributed by atoms with van der Waals surface area (Å²) in [5.74, 6) is 0.772. The molecule has 0 radical (unpaired) electrons. The van der Waals surface area contributed by atoms with Crippen molar-refractivity contribution in [3.63, 3.8) is 0 Å². The molecule has 0 saturated heterocycles. The van der Waals surface area contributed by atoms with Crippen molar-refractivity contribution in [3.8, 4) is 11.4 Å². The summed E-state index contributed by atoms with van der Waals surface area (Å²) in [6.07, 6.45) is 5.17. The van der Waals surface area contributed by atoms with Crippen molar-refractivity contribution in [2.75, 3.05) is 6.54 Å². The summed E-state index contributed by atoms with van der Waals surface area (Å²) in [4.78, 5) is 16.9. The lowest BCUT2D eigenvalue weighted by Gasteiger charge is -2.05. The molecule has 0 atom stereocenters. The molecular formula is C17H20N6O4S. The first-order chi connectivity index (χ1) is 13.4. The normalized spacial score (nSPS) is 14.5. The molecule has 148 valence electrons. The summed E-state index contributed by atoms with van der Waals surface area (Å²) in [7, 11) is -3.79. The molecule has 10 nitrogen and oxygen atoms in total. The van der Waals surface area contributed by atoms with Crippen LogP contribution in [0.2, 0.25) is 0 Å². The average Bonchev–Trinajstić information content (AvgIpc) is 3.36. The van der Waals surface area contributed by atoms with Crippen molar-refractivity contribution in [2.24, 2.45) is 0 Å². The van der Waals surface area contributed by atoms with Gasteiger partial charge in [-0.15, -0.1) is 5.10 Å². The Morgan fingerprint density at radius 1 is 1.32 bits per heavy atom. The fourth-order valence-electron chi connectivity index (χ4n) is 3.14. The van der Waals surface area contributed by atoms with E-state index in [1.807, 2.05) is 6.07 Å². The van der Waals surface area contributed by atoms with Gasteiger partial charge in [0.15, 0.2) is 11.6 Å². The molecule has 0 aromatic carbocycles. The van der Waals surface area contributed by atoms with Crippen LogP contribution in [0.15, 0.2) is 38.7 Å². The molecule has 1 aliphatic rings. The van der Waals surface area contributed by atoms with Gasteiger partial charge in [-0.25, -0.2) is 22.6 Å². The average molecular weight is 404 g/mol. The van der Waals surface area contributed by atoms with Crippen LogP contribution >= 0.6 is 0 Å². The molecule has 0 bridgehead atoms. The van der Waals surface area contributed by atoms with E-state index in [1.54, 1.807) is 30.0 Å². The van der Waals surface area contributed by atoms with Gasteiger partial charge in [-0.3, -0.25) is 9.55 Å². The van der Waals surface area contributed by atoms with E-state index in [0.717, 1.165) is 18.4 Å². The molecule has 1 aliphatic carbocycles. The van der Waals surface area contributed by atoms with E-state index in [-0.39, 0.29) is 35.5 Å². The third-order valence-electron chi connectivity index (χ3n) is 4.55. The topological polar surface area (TPSA) is 125 Å². The van der Waals surface area contributed by atoms with Crippen molar-refractivity contribution in [1.82, 2.24) is 29.2 Å². The van der Waals surface area contributed by atoms with Crippen LogP contribution in [0.3, 0.4) is 0 Å². The molecule has 0 spiro atoms. The molecule has 0 amide bonds. The van der Waals surface area contributed by atoms with Crippen LogP contribution in [0.25, 0.3) is 11.4 Å². The highest BCUT2D eigenvalue weighted by Crippen LogP contribution is 2.36. The Kier molecular flexibility index (Phi) is 4.63. The zero-order valence-electron chi connectivity index (χ0n) is 15.5. The Balaban J connectivity index is 1.55. The summed E-state index contributed by atoms with van der Waals surface area (Å²) in [5.41, 5.74) is 0.790. The predicted molar refractivity (Wildman–Crippen MR) is 99.2 cm³/mol. The van der Waals surface area contributed by atoms with Crippen LogP contribution in [0.1, 0.15) is 30.3 Å². The van der Waals surface area contributed by atoms with E-state index < -0.39 is 10.0 Å². The van der Waals surface area contributed by atoms with Gasteiger partial charge in [0.1, 0.15) is 10.6 Å². The summed E-state index contributed by atoms with van der Waals surface area (Å²) in [6.45, 7) is 3.22. The maximum Gasteiger partial charge on any atom is 0.346 e. The lowest BCUT2D eigenvalue weighted by atomic mass is 10.3. The number of aryl methyl sites for hydroxylation is 2. The molecule has 3 aromatic heterocycles. The van der Waals surface area contributed by atoms with E-state index in [1.165, 1.54) is 11.6 Å². The van der Waals surface area contributed by atoms with Crippen LogP contribution < -0.4 is 10.4 Å². The van der Waals surface area contributed by atoms with Crippen LogP contribution in [0.4, 0.5) is 0 Å². The number of hydrogen-bond acceptors (Lipinski definition) is 7. The number of hydrogen-bond donors (Lipinski definition) is 1. The van der Waals surface area contributed by atoms with E-state index in [9.17, 15) is 13.2 Å². The maximum atomic E-state index is 12.8. The minimum atomic E-state index is -3.79. The molecule has 1 fully saturated rings. The number of pyridine rings is 1. The molecule has 0 aliphatic heterocycles. The minimum absolute atomic E-state index is 0.0143. The fraction of sp³-hybridized carbons (Fsp3) is 0.412. The van der Waals surface area contributed by atoms with Crippen molar-refractivity contribution in [3.05, 3.63) is 46.5 Å². The number of nitrogens with one attached hydrogen (secondary N) is 1. The Labute approximate surface area is 161 Å². The molecule has 28 heavy (non-hydrogen) atoms. The third-order valence-corrected chi connectivity index (χ3v) is 6.26. The monoisotopic (exact) mass is 404 g/mol. The van der Waals surface area contributed by atoms with Crippen LogP contribution in [0, 0.1) is 13.8 Å². The van der Waals surface area contributed by atoms with Crippen molar-refractivity contribution < 1.29 is 12.9 Å². The first kappa shape index (κ1) is 18.6. The zero-order valence-corrected chi connectivity index (χ0v) is 16.3. The van der Waals surface area contributed by atoms with Crippen LogP contribution in [-0.2, 0) is 16.6 Å². The van der Waals surface area contributed by atoms with Gasteiger partial charge >= 0.3 is 5.69 Å². The van der Waals surface area contributed by atoms with Gasteiger partial charge in [-0.2, -0.15) is 0 Å². The molecular weight excluding hydrogens is 384 g/mol. The Morgan fingerprint density at radius 3 is 2.71 bits per heavy atom. The maximum absolute atomic E-state index is 12.8. The number of nitrogens with zero attached hydrogens (tertiary/aromatic N) is 5. The second-order valence-electron chi connectivity index (χ2n) is 6.72. The van der Waals surface area contributed by atoms with Crippen molar-refractivity contribution >= 4 is 10.0 Å². The molecule has 11 heteroatoms.